The Labute approximate surface area is 171 Å². The molecule has 5 nitrogen and oxygen atoms in total. The van der Waals surface area contributed by atoms with E-state index in [-0.39, 0.29) is 29.8 Å². The minimum absolute atomic E-state index is 0. The SMILES string of the molecule is CN=C(NCCCN1CCCC1)NCCc1c[nH]c2ccc(F)cc12.I. The van der Waals surface area contributed by atoms with Crippen LogP contribution in [0.1, 0.15) is 24.8 Å². The normalized spacial score (nSPS) is 15.2. The first kappa shape index (κ1) is 21.0. The summed E-state index contributed by atoms with van der Waals surface area (Å²) in [4.78, 5) is 9.98. The molecular formula is C19H29FIN5. The second-order valence-corrected chi connectivity index (χ2v) is 6.58. The van der Waals surface area contributed by atoms with Crippen molar-refractivity contribution in [3.8, 4) is 0 Å². The minimum Gasteiger partial charge on any atom is -0.361 e. The molecule has 0 amide bonds. The number of nitrogens with one attached hydrogen (secondary N) is 3. The molecule has 2 aromatic rings. The van der Waals surface area contributed by atoms with Crippen molar-refractivity contribution < 1.29 is 4.39 Å². The van der Waals surface area contributed by atoms with Crippen molar-refractivity contribution >= 4 is 40.8 Å². The second kappa shape index (κ2) is 10.7. The molecule has 26 heavy (non-hydrogen) atoms. The Morgan fingerprint density at radius 1 is 1.23 bits per heavy atom. The van der Waals surface area contributed by atoms with Gasteiger partial charge in [-0.05, 0) is 69.1 Å². The Hall–Kier alpha value is -1.35. The van der Waals surface area contributed by atoms with Crippen molar-refractivity contribution in [2.45, 2.75) is 25.7 Å². The fourth-order valence-electron chi connectivity index (χ4n) is 3.41. The molecule has 1 fully saturated rings. The third kappa shape index (κ3) is 5.84. The van der Waals surface area contributed by atoms with Crippen LogP contribution in [-0.4, -0.2) is 55.6 Å². The fraction of sp³-hybridized carbons (Fsp3) is 0.526. The number of hydrogen-bond donors (Lipinski definition) is 3. The highest BCUT2D eigenvalue weighted by Crippen LogP contribution is 2.19. The number of halogens is 2. The lowest BCUT2D eigenvalue weighted by Crippen LogP contribution is -2.39. The van der Waals surface area contributed by atoms with Crippen molar-refractivity contribution in [2.75, 3.05) is 39.8 Å². The standard InChI is InChI=1S/C19H28FN5.HI/c1-21-19(22-8-4-12-25-10-2-3-11-25)23-9-7-15-14-24-18-6-5-16(20)13-17(15)18;/h5-6,13-14,24H,2-4,7-12H2,1H3,(H2,21,22,23);1H. The summed E-state index contributed by atoms with van der Waals surface area (Å²) >= 11 is 0. The van der Waals surface area contributed by atoms with Crippen molar-refractivity contribution in [2.24, 2.45) is 4.99 Å². The summed E-state index contributed by atoms with van der Waals surface area (Å²) in [6.07, 6.45) is 6.58. The van der Waals surface area contributed by atoms with Crippen molar-refractivity contribution in [1.29, 1.82) is 0 Å². The van der Waals surface area contributed by atoms with Crippen LogP contribution in [0.25, 0.3) is 10.9 Å². The number of likely N-dealkylation sites (tertiary alicyclic amines) is 1. The van der Waals surface area contributed by atoms with E-state index in [9.17, 15) is 4.39 Å². The van der Waals surface area contributed by atoms with Gasteiger partial charge in [-0.1, -0.05) is 0 Å². The molecule has 1 saturated heterocycles. The molecule has 0 atom stereocenters. The maximum absolute atomic E-state index is 13.4. The first-order valence-corrected chi connectivity index (χ1v) is 9.18. The number of fused-ring (bicyclic) bond motifs is 1. The molecule has 3 N–H and O–H groups in total. The number of hydrogen-bond acceptors (Lipinski definition) is 2. The van der Waals surface area contributed by atoms with E-state index in [0.717, 1.165) is 54.9 Å². The molecule has 0 saturated carbocycles. The lowest BCUT2D eigenvalue weighted by Gasteiger charge is -2.15. The predicted molar refractivity (Wildman–Crippen MR) is 117 cm³/mol. The number of aliphatic imine (C=N–C) groups is 1. The van der Waals surface area contributed by atoms with Gasteiger partial charge in [-0.25, -0.2) is 4.39 Å². The van der Waals surface area contributed by atoms with Gasteiger partial charge in [0, 0.05) is 37.2 Å². The minimum atomic E-state index is -0.197. The van der Waals surface area contributed by atoms with Crippen molar-refractivity contribution in [3.63, 3.8) is 0 Å². The summed E-state index contributed by atoms with van der Waals surface area (Å²) in [6.45, 7) is 5.34. The van der Waals surface area contributed by atoms with Crippen molar-refractivity contribution in [1.82, 2.24) is 20.5 Å². The summed E-state index contributed by atoms with van der Waals surface area (Å²) in [5, 5.41) is 7.65. The van der Waals surface area contributed by atoms with E-state index in [2.05, 4.69) is 25.5 Å². The van der Waals surface area contributed by atoms with Crippen LogP contribution in [0.5, 0.6) is 0 Å². The van der Waals surface area contributed by atoms with Crippen LogP contribution >= 0.6 is 24.0 Å². The van der Waals surface area contributed by atoms with E-state index in [1.165, 1.54) is 32.0 Å². The van der Waals surface area contributed by atoms with Crippen LogP contribution in [-0.2, 0) is 6.42 Å². The molecule has 144 valence electrons. The third-order valence-electron chi connectivity index (χ3n) is 4.78. The molecule has 7 heteroatoms. The van der Waals surface area contributed by atoms with Crippen LogP contribution in [0.15, 0.2) is 29.4 Å². The van der Waals surface area contributed by atoms with Gasteiger partial charge in [0.25, 0.3) is 0 Å². The monoisotopic (exact) mass is 473 g/mol. The molecule has 1 aliphatic heterocycles. The smallest absolute Gasteiger partial charge is 0.190 e. The largest absolute Gasteiger partial charge is 0.361 e. The molecule has 1 aromatic carbocycles. The van der Waals surface area contributed by atoms with Gasteiger partial charge < -0.3 is 20.5 Å². The first-order valence-electron chi connectivity index (χ1n) is 9.18. The first-order chi connectivity index (χ1) is 12.3. The topological polar surface area (TPSA) is 55.5 Å². The molecule has 0 radical (unpaired) electrons. The molecule has 0 aliphatic carbocycles. The van der Waals surface area contributed by atoms with Crippen LogP contribution in [0.3, 0.4) is 0 Å². The van der Waals surface area contributed by atoms with E-state index in [4.69, 9.17) is 0 Å². The maximum Gasteiger partial charge on any atom is 0.190 e. The number of benzene rings is 1. The average molecular weight is 473 g/mol. The Kier molecular flexibility index (Phi) is 8.64. The molecule has 0 bridgehead atoms. The van der Waals surface area contributed by atoms with Crippen LogP contribution in [0.2, 0.25) is 0 Å². The number of aromatic nitrogens is 1. The summed E-state index contributed by atoms with van der Waals surface area (Å²) in [7, 11) is 1.79. The highest BCUT2D eigenvalue weighted by molar-refractivity contribution is 14.0. The quantitative estimate of drug-likeness (QED) is 0.251. The molecule has 0 spiro atoms. The average Bonchev–Trinajstić information content (AvgIpc) is 3.27. The highest BCUT2D eigenvalue weighted by Gasteiger charge is 2.10. The van der Waals surface area contributed by atoms with Crippen LogP contribution < -0.4 is 10.6 Å². The number of rotatable bonds is 7. The van der Waals surface area contributed by atoms with Gasteiger partial charge in [0.05, 0.1) is 0 Å². The summed E-state index contributed by atoms with van der Waals surface area (Å²) in [6, 6.07) is 4.85. The Balaban J connectivity index is 0.00000243. The van der Waals surface area contributed by atoms with Crippen LogP contribution in [0, 0.1) is 5.82 Å². The van der Waals surface area contributed by atoms with E-state index in [1.807, 2.05) is 6.20 Å². The van der Waals surface area contributed by atoms with Gasteiger partial charge in [-0.3, -0.25) is 4.99 Å². The predicted octanol–water partition coefficient (Wildman–Crippen LogP) is 3.12. The van der Waals surface area contributed by atoms with Gasteiger partial charge in [0.1, 0.15) is 5.82 Å². The number of aromatic amines is 1. The van der Waals surface area contributed by atoms with Crippen LogP contribution in [0.4, 0.5) is 4.39 Å². The Morgan fingerprint density at radius 3 is 2.77 bits per heavy atom. The summed E-state index contributed by atoms with van der Waals surface area (Å²) < 4.78 is 13.4. The molecule has 1 aliphatic rings. The molecular weight excluding hydrogens is 444 g/mol. The zero-order valence-corrected chi connectivity index (χ0v) is 17.7. The molecule has 0 unspecified atom stereocenters. The van der Waals surface area contributed by atoms with E-state index in [0.29, 0.717) is 0 Å². The van der Waals surface area contributed by atoms with Gasteiger partial charge in [-0.15, -0.1) is 24.0 Å². The Bertz CT molecular complexity index is 709. The zero-order chi connectivity index (χ0) is 17.5. The van der Waals surface area contributed by atoms with Gasteiger partial charge in [0.2, 0.25) is 0 Å². The van der Waals surface area contributed by atoms with E-state index < -0.39 is 0 Å². The number of guanidine groups is 1. The van der Waals surface area contributed by atoms with E-state index >= 15 is 0 Å². The fourth-order valence-corrected chi connectivity index (χ4v) is 3.41. The maximum atomic E-state index is 13.4. The zero-order valence-electron chi connectivity index (χ0n) is 15.4. The van der Waals surface area contributed by atoms with Gasteiger partial charge in [-0.2, -0.15) is 0 Å². The van der Waals surface area contributed by atoms with Gasteiger partial charge >= 0.3 is 0 Å². The molecule has 2 heterocycles. The number of H-pyrrole nitrogens is 1. The lowest BCUT2D eigenvalue weighted by molar-refractivity contribution is 0.334. The summed E-state index contributed by atoms with van der Waals surface area (Å²) in [5.41, 5.74) is 2.09. The third-order valence-corrected chi connectivity index (χ3v) is 4.78. The number of nitrogens with zero attached hydrogens (tertiary/aromatic N) is 2. The highest BCUT2D eigenvalue weighted by atomic mass is 127. The van der Waals surface area contributed by atoms with Gasteiger partial charge in [0.15, 0.2) is 5.96 Å². The molecule has 1 aromatic heterocycles. The van der Waals surface area contributed by atoms with E-state index in [1.54, 1.807) is 19.2 Å². The Morgan fingerprint density at radius 2 is 2.00 bits per heavy atom. The summed E-state index contributed by atoms with van der Waals surface area (Å²) in [5.74, 6) is 0.629. The lowest BCUT2D eigenvalue weighted by atomic mass is 10.1. The molecule has 3 rings (SSSR count). The van der Waals surface area contributed by atoms with Crippen molar-refractivity contribution in [3.05, 3.63) is 35.8 Å². The second-order valence-electron chi connectivity index (χ2n) is 6.58.